The normalized spacial score (nSPS) is 18.0. The monoisotopic (exact) mass is 285 g/mol. The molecule has 114 valence electrons. The zero-order chi connectivity index (χ0) is 14.7. The minimum Gasteiger partial charge on any atom is -0.508 e. The molecule has 0 bridgehead atoms. The van der Waals surface area contributed by atoms with E-state index in [1.165, 1.54) is 79.9 Å². The van der Waals surface area contributed by atoms with Gasteiger partial charge in [0.25, 0.3) is 0 Å². The Hall–Kier alpha value is -1.44. The largest absolute Gasteiger partial charge is 0.508 e. The van der Waals surface area contributed by atoms with Crippen LogP contribution in [-0.2, 0) is 19.9 Å². The van der Waals surface area contributed by atoms with Crippen LogP contribution in [-0.4, -0.2) is 9.67 Å². The summed E-state index contributed by atoms with van der Waals surface area (Å²) in [5.41, 5.74) is 4.26. The number of phenolic OH excluding ortho intramolecular Hbond substituents is 1. The minimum absolute atomic E-state index is 0.391. The molecular formula is C19H27NO. The number of hydrogen-bond donors (Lipinski definition) is 1. The fourth-order valence-electron chi connectivity index (χ4n) is 3.81. The summed E-state index contributed by atoms with van der Waals surface area (Å²) in [6.07, 6.45) is 13.2. The molecule has 0 saturated carbocycles. The number of rotatable bonds is 0. The van der Waals surface area contributed by atoms with E-state index >= 15 is 0 Å². The molecule has 1 N–H and O–H groups in total. The summed E-state index contributed by atoms with van der Waals surface area (Å²) < 4.78 is 2.36. The van der Waals surface area contributed by atoms with Crippen molar-refractivity contribution in [3.05, 3.63) is 29.5 Å². The van der Waals surface area contributed by atoms with E-state index < -0.39 is 0 Å². The Balaban J connectivity index is 1.99. The fraction of sp³-hybridized carbons (Fsp3) is 0.579. The molecule has 2 heteroatoms. The number of hydrogen-bond acceptors (Lipinski definition) is 1. The fourth-order valence-corrected chi connectivity index (χ4v) is 3.81. The van der Waals surface area contributed by atoms with Gasteiger partial charge in [0, 0.05) is 23.6 Å². The van der Waals surface area contributed by atoms with Crippen molar-refractivity contribution in [2.24, 2.45) is 7.05 Å². The van der Waals surface area contributed by atoms with Crippen molar-refractivity contribution < 1.29 is 5.11 Å². The average molecular weight is 285 g/mol. The molecular weight excluding hydrogens is 258 g/mol. The van der Waals surface area contributed by atoms with Gasteiger partial charge in [-0.05, 0) is 49.4 Å². The van der Waals surface area contributed by atoms with E-state index in [-0.39, 0.29) is 0 Å². The zero-order valence-electron chi connectivity index (χ0n) is 13.2. The highest BCUT2D eigenvalue weighted by molar-refractivity contribution is 5.86. The maximum Gasteiger partial charge on any atom is 0.116 e. The molecule has 0 saturated heterocycles. The van der Waals surface area contributed by atoms with E-state index in [9.17, 15) is 5.11 Å². The lowest BCUT2D eigenvalue weighted by Gasteiger charge is -2.10. The van der Waals surface area contributed by atoms with E-state index in [4.69, 9.17) is 0 Å². The van der Waals surface area contributed by atoms with Gasteiger partial charge in [0.2, 0.25) is 0 Å². The van der Waals surface area contributed by atoms with Crippen LogP contribution < -0.4 is 0 Å². The lowest BCUT2D eigenvalue weighted by molar-refractivity contribution is 0.476. The van der Waals surface area contributed by atoms with Gasteiger partial charge in [-0.2, -0.15) is 0 Å². The molecule has 1 aromatic carbocycles. The molecule has 0 spiro atoms. The molecule has 21 heavy (non-hydrogen) atoms. The molecule has 1 aromatic heterocycles. The number of aromatic nitrogens is 1. The molecule has 2 aromatic rings. The van der Waals surface area contributed by atoms with Gasteiger partial charge in [0.05, 0.1) is 0 Å². The number of fused-ring (bicyclic) bond motifs is 3. The number of aryl methyl sites for hydroxylation is 2. The highest BCUT2D eigenvalue weighted by atomic mass is 16.3. The van der Waals surface area contributed by atoms with Gasteiger partial charge in [-0.1, -0.05) is 38.5 Å². The van der Waals surface area contributed by atoms with E-state index in [1.807, 2.05) is 12.1 Å². The van der Waals surface area contributed by atoms with Crippen molar-refractivity contribution in [2.45, 2.75) is 64.2 Å². The summed E-state index contributed by atoms with van der Waals surface area (Å²) in [7, 11) is 2.18. The second kappa shape index (κ2) is 6.55. The van der Waals surface area contributed by atoms with E-state index in [0.717, 1.165) is 6.42 Å². The van der Waals surface area contributed by atoms with Crippen LogP contribution in [0.25, 0.3) is 10.9 Å². The Morgan fingerprint density at radius 3 is 2.19 bits per heavy atom. The average Bonchev–Trinajstić information content (AvgIpc) is 2.71. The molecule has 0 unspecified atom stereocenters. The molecule has 1 heterocycles. The van der Waals surface area contributed by atoms with E-state index in [1.54, 1.807) is 0 Å². The Morgan fingerprint density at radius 1 is 0.857 bits per heavy atom. The maximum absolute atomic E-state index is 9.84. The third-order valence-corrected chi connectivity index (χ3v) is 5.01. The predicted molar refractivity (Wildman–Crippen MR) is 88.9 cm³/mol. The van der Waals surface area contributed by atoms with Crippen molar-refractivity contribution >= 4 is 10.9 Å². The van der Waals surface area contributed by atoms with Gasteiger partial charge in [-0.3, -0.25) is 0 Å². The van der Waals surface area contributed by atoms with Crippen molar-refractivity contribution in [1.82, 2.24) is 4.57 Å². The smallest absolute Gasteiger partial charge is 0.116 e. The van der Waals surface area contributed by atoms with Crippen LogP contribution in [0.2, 0.25) is 0 Å². The van der Waals surface area contributed by atoms with Gasteiger partial charge in [-0.15, -0.1) is 0 Å². The maximum atomic E-state index is 9.84. The number of nitrogens with zero attached hydrogens (tertiary/aromatic N) is 1. The summed E-state index contributed by atoms with van der Waals surface area (Å²) in [6, 6.07) is 5.83. The van der Waals surface area contributed by atoms with Crippen LogP contribution in [0.15, 0.2) is 18.2 Å². The topological polar surface area (TPSA) is 25.2 Å². The van der Waals surface area contributed by atoms with Gasteiger partial charge >= 0.3 is 0 Å². The summed E-state index contributed by atoms with van der Waals surface area (Å²) in [5, 5.41) is 11.1. The second-order valence-corrected chi connectivity index (χ2v) is 6.51. The number of aromatic hydroxyl groups is 1. The number of benzene rings is 1. The lowest BCUT2D eigenvalue weighted by atomic mass is 9.98. The molecule has 0 fully saturated rings. The summed E-state index contributed by atoms with van der Waals surface area (Å²) >= 11 is 0. The Kier molecular flexibility index (Phi) is 4.52. The van der Waals surface area contributed by atoms with Gasteiger partial charge in [0.1, 0.15) is 5.75 Å². The lowest BCUT2D eigenvalue weighted by Crippen LogP contribution is -2.01. The van der Waals surface area contributed by atoms with Crippen molar-refractivity contribution in [3.8, 4) is 5.75 Å². The molecule has 0 radical (unpaired) electrons. The molecule has 1 aliphatic rings. The van der Waals surface area contributed by atoms with Gasteiger partial charge in [0.15, 0.2) is 0 Å². The molecule has 0 atom stereocenters. The van der Waals surface area contributed by atoms with Crippen molar-refractivity contribution in [3.63, 3.8) is 0 Å². The quantitative estimate of drug-likeness (QED) is 0.715. The SMILES string of the molecule is Cn1c2c(c3cc(O)ccc31)CCCCCCCCCC2. The Morgan fingerprint density at radius 2 is 1.48 bits per heavy atom. The molecule has 2 nitrogen and oxygen atoms in total. The van der Waals surface area contributed by atoms with Crippen molar-refractivity contribution in [1.29, 1.82) is 0 Å². The van der Waals surface area contributed by atoms with Crippen LogP contribution in [0, 0.1) is 0 Å². The zero-order valence-corrected chi connectivity index (χ0v) is 13.2. The van der Waals surface area contributed by atoms with Crippen LogP contribution in [0.3, 0.4) is 0 Å². The number of phenols is 1. The predicted octanol–water partition coefficient (Wildman–Crippen LogP) is 5.10. The standard InChI is InChI=1S/C19H27NO/c1-20-18-11-9-7-5-3-2-4-6-8-10-16(18)17-14-15(21)12-13-19(17)20/h12-14,21H,2-11H2,1H3. The van der Waals surface area contributed by atoms with Gasteiger partial charge in [-0.25, -0.2) is 0 Å². The first-order chi connectivity index (χ1) is 10.3. The highest BCUT2D eigenvalue weighted by Crippen LogP contribution is 2.31. The molecule has 1 aliphatic carbocycles. The molecule has 0 aliphatic heterocycles. The van der Waals surface area contributed by atoms with Crippen LogP contribution >= 0.6 is 0 Å². The summed E-state index contributed by atoms with van der Waals surface area (Å²) in [6.45, 7) is 0. The third kappa shape index (κ3) is 3.09. The van der Waals surface area contributed by atoms with Gasteiger partial charge < -0.3 is 9.67 Å². The van der Waals surface area contributed by atoms with Crippen LogP contribution in [0.1, 0.15) is 62.6 Å². The molecule has 3 rings (SSSR count). The minimum atomic E-state index is 0.391. The van der Waals surface area contributed by atoms with Crippen LogP contribution in [0.4, 0.5) is 0 Å². The first-order valence-corrected chi connectivity index (χ1v) is 8.56. The highest BCUT2D eigenvalue weighted by Gasteiger charge is 2.15. The summed E-state index contributed by atoms with van der Waals surface area (Å²) in [4.78, 5) is 0. The first kappa shape index (κ1) is 14.5. The Labute approximate surface area is 127 Å². The van der Waals surface area contributed by atoms with E-state index in [2.05, 4.69) is 17.7 Å². The second-order valence-electron chi connectivity index (χ2n) is 6.51. The Bertz CT molecular complexity index is 612. The first-order valence-electron chi connectivity index (χ1n) is 8.56. The van der Waals surface area contributed by atoms with Crippen LogP contribution in [0.5, 0.6) is 5.75 Å². The third-order valence-electron chi connectivity index (χ3n) is 5.01. The molecule has 0 amide bonds. The summed E-state index contributed by atoms with van der Waals surface area (Å²) in [5.74, 6) is 0.391. The van der Waals surface area contributed by atoms with E-state index in [0.29, 0.717) is 5.75 Å². The van der Waals surface area contributed by atoms with Crippen molar-refractivity contribution in [2.75, 3.05) is 0 Å².